The molecule has 0 aliphatic heterocycles. The Morgan fingerprint density at radius 3 is 2.44 bits per heavy atom. The Labute approximate surface area is 114 Å². The summed E-state index contributed by atoms with van der Waals surface area (Å²) in [6.45, 7) is 5.40. The Morgan fingerprint density at radius 1 is 1.11 bits per heavy atom. The van der Waals surface area contributed by atoms with Crippen LogP contribution in [0.15, 0.2) is 41.8 Å². The third kappa shape index (κ3) is 3.97. The minimum atomic E-state index is 0.523. The average molecular weight is 259 g/mol. The molecule has 2 aromatic rings. The topological polar surface area (TPSA) is 12.0 Å². The van der Waals surface area contributed by atoms with E-state index in [1.54, 1.807) is 0 Å². The summed E-state index contributed by atoms with van der Waals surface area (Å²) < 4.78 is 0. The van der Waals surface area contributed by atoms with E-state index in [4.69, 9.17) is 0 Å². The quantitative estimate of drug-likeness (QED) is 0.826. The number of hydrogen-bond acceptors (Lipinski definition) is 2. The van der Waals surface area contributed by atoms with Crippen LogP contribution in [0.5, 0.6) is 0 Å². The van der Waals surface area contributed by atoms with Gasteiger partial charge >= 0.3 is 0 Å². The number of hydrogen-bond donors (Lipinski definition) is 1. The van der Waals surface area contributed by atoms with Gasteiger partial charge in [-0.3, -0.25) is 0 Å². The van der Waals surface area contributed by atoms with Gasteiger partial charge in [0, 0.05) is 17.5 Å². The highest BCUT2D eigenvalue weighted by atomic mass is 32.1. The predicted molar refractivity (Wildman–Crippen MR) is 80.1 cm³/mol. The highest BCUT2D eigenvalue weighted by Crippen LogP contribution is 2.11. The van der Waals surface area contributed by atoms with Gasteiger partial charge in [-0.05, 0) is 42.3 Å². The largest absolute Gasteiger partial charge is 0.310 e. The van der Waals surface area contributed by atoms with E-state index in [0.717, 1.165) is 19.4 Å². The van der Waals surface area contributed by atoms with Gasteiger partial charge in [0.05, 0.1) is 0 Å². The monoisotopic (exact) mass is 259 g/mol. The van der Waals surface area contributed by atoms with Gasteiger partial charge in [-0.2, -0.15) is 0 Å². The summed E-state index contributed by atoms with van der Waals surface area (Å²) in [5.74, 6) is 0. The molecule has 1 nitrogen and oxygen atoms in total. The molecule has 0 aliphatic carbocycles. The van der Waals surface area contributed by atoms with Crippen LogP contribution in [0, 0.1) is 0 Å². The van der Waals surface area contributed by atoms with Gasteiger partial charge in [0.15, 0.2) is 0 Å². The first kappa shape index (κ1) is 13.3. The van der Waals surface area contributed by atoms with Crippen LogP contribution >= 0.6 is 11.3 Å². The second-order valence-corrected chi connectivity index (χ2v) is 5.77. The van der Waals surface area contributed by atoms with Crippen LogP contribution in [-0.2, 0) is 19.4 Å². The number of benzene rings is 1. The second-order valence-electron chi connectivity index (χ2n) is 4.74. The Morgan fingerprint density at radius 2 is 1.83 bits per heavy atom. The van der Waals surface area contributed by atoms with Crippen LogP contribution in [0.2, 0.25) is 0 Å². The molecule has 96 valence electrons. The Kier molecular flexibility index (Phi) is 4.97. The molecular formula is C16H21NS. The molecule has 0 spiro atoms. The molecule has 1 aromatic heterocycles. The molecule has 0 bridgehead atoms. The maximum Gasteiger partial charge on any atom is 0.0208 e. The van der Waals surface area contributed by atoms with Crippen molar-refractivity contribution in [3.05, 3.63) is 57.8 Å². The molecule has 0 fully saturated rings. The SMILES string of the molecule is CCc1ccc(CNC(C)Cc2cccs2)cc1. The van der Waals surface area contributed by atoms with Crippen molar-refractivity contribution >= 4 is 11.3 Å². The zero-order chi connectivity index (χ0) is 12.8. The third-order valence-corrected chi connectivity index (χ3v) is 4.07. The standard InChI is InChI=1S/C16H21NS/c1-3-14-6-8-15(9-7-14)12-17-13(2)11-16-5-4-10-18-16/h4-10,13,17H,3,11-12H2,1-2H3. The lowest BCUT2D eigenvalue weighted by Gasteiger charge is -2.13. The van der Waals surface area contributed by atoms with Crippen molar-refractivity contribution in [3.63, 3.8) is 0 Å². The normalized spacial score (nSPS) is 12.6. The molecule has 2 heteroatoms. The Bertz CT molecular complexity index is 444. The number of rotatable bonds is 6. The summed E-state index contributed by atoms with van der Waals surface area (Å²) in [5, 5.41) is 5.73. The van der Waals surface area contributed by atoms with Crippen LogP contribution in [0.4, 0.5) is 0 Å². The molecule has 18 heavy (non-hydrogen) atoms. The maximum atomic E-state index is 3.58. The summed E-state index contributed by atoms with van der Waals surface area (Å²) in [6.07, 6.45) is 2.23. The number of nitrogens with one attached hydrogen (secondary N) is 1. The van der Waals surface area contributed by atoms with E-state index in [2.05, 4.69) is 60.9 Å². The lowest BCUT2D eigenvalue weighted by atomic mass is 10.1. The maximum absolute atomic E-state index is 3.58. The zero-order valence-electron chi connectivity index (χ0n) is 11.1. The van der Waals surface area contributed by atoms with E-state index < -0.39 is 0 Å². The number of thiophene rings is 1. The molecule has 1 atom stereocenters. The lowest BCUT2D eigenvalue weighted by molar-refractivity contribution is 0.548. The number of aryl methyl sites for hydroxylation is 1. The molecule has 0 saturated heterocycles. The van der Waals surface area contributed by atoms with Crippen molar-refractivity contribution in [2.45, 2.75) is 39.3 Å². The predicted octanol–water partition coefficient (Wildman–Crippen LogP) is 4.03. The zero-order valence-corrected chi connectivity index (χ0v) is 12.0. The van der Waals surface area contributed by atoms with Gasteiger partial charge in [-0.25, -0.2) is 0 Å². The Balaban J connectivity index is 1.79. The van der Waals surface area contributed by atoms with Crippen molar-refractivity contribution in [1.29, 1.82) is 0 Å². The summed E-state index contributed by atoms with van der Waals surface area (Å²) >= 11 is 1.84. The molecule has 1 unspecified atom stereocenters. The van der Waals surface area contributed by atoms with Crippen LogP contribution in [0.25, 0.3) is 0 Å². The summed E-state index contributed by atoms with van der Waals surface area (Å²) in [4.78, 5) is 1.45. The van der Waals surface area contributed by atoms with Gasteiger partial charge < -0.3 is 5.32 Å². The first-order valence-electron chi connectivity index (χ1n) is 6.61. The molecule has 0 amide bonds. The first-order valence-corrected chi connectivity index (χ1v) is 7.49. The van der Waals surface area contributed by atoms with Gasteiger partial charge in [0.1, 0.15) is 0 Å². The molecule has 0 aliphatic rings. The van der Waals surface area contributed by atoms with E-state index in [1.807, 2.05) is 11.3 Å². The summed E-state index contributed by atoms with van der Waals surface area (Å²) in [5.41, 5.74) is 2.77. The van der Waals surface area contributed by atoms with E-state index in [0.29, 0.717) is 6.04 Å². The third-order valence-electron chi connectivity index (χ3n) is 3.17. The summed E-state index contributed by atoms with van der Waals surface area (Å²) in [6, 6.07) is 13.7. The van der Waals surface area contributed by atoms with Crippen LogP contribution in [0.3, 0.4) is 0 Å². The van der Waals surface area contributed by atoms with Gasteiger partial charge in [-0.15, -0.1) is 11.3 Å². The highest BCUT2D eigenvalue weighted by Gasteiger charge is 2.03. The fraction of sp³-hybridized carbons (Fsp3) is 0.375. The molecule has 2 rings (SSSR count). The van der Waals surface area contributed by atoms with Crippen molar-refractivity contribution in [2.24, 2.45) is 0 Å². The molecule has 1 aromatic carbocycles. The minimum absolute atomic E-state index is 0.523. The van der Waals surface area contributed by atoms with E-state index >= 15 is 0 Å². The van der Waals surface area contributed by atoms with E-state index in [-0.39, 0.29) is 0 Å². The second kappa shape index (κ2) is 6.72. The smallest absolute Gasteiger partial charge is 0.0208 e. The van der Waals surface area contributed by atoms with Crippen LogP contribution in [0.1, 0.15) is 29.9 Å². The van der Waals surface area contributed by atoms with Gasteiger partial charge in [0.25, 0.3) is 0 Å². The fourth-order valence-corrected chi connectivity index (χ4v) is 2.82. The van der Waals surface area contributed by atoms with Crippen molar-refractivity contribution in [1.82, 2.24) is 5.32 Å². The van der Waals surface area contributed by atoms with E-state index in [1.165, 1.54) is 16.0 Å². The molecule has 0 saturated carbocycles. The van der Waals surface area contributed by atoms with Crippen LogP contribution < -0.4 is 5.32 Å². The van der Waals surface area contributed by atoms with E-state index in [9.17, 15) is 0 Å². The molecule has 1 heterocycles. The van der Waals surface area contributed by atoms with Gasteiger partial charge in [0.2, 0.25) is 0 Å². The minimum Gasteiger partial charge on any atom is -0.310 e. The average Bonchev–Trinajstić information content (AvgIpc) is 2.90. The molecule has 1 N–H and O–H groups in total. The first-order chi connectivity index (χ1) is 8.78. The Hall–Kier alpha value is -1.12. The van der Waals surface area contributed by atoms with Crippen molar-refractivity contribution in [2.75, 3.05) is 0 Å². The molecular weight excluding hydrogens is 238 g/mol. The van der Waals surface area contributed by atoms with Crippen LogP contribution in [-0.4, -0.2) is 6.04 Å². The highest BCUT2D eigenvalue weighted by molar-refractivity contribution is 7.09. The fourth-order valence-electron chi connectivity index (χ4n) is 1.99. The van der Waals surface area contributed by atoms with Crippen molar-refractivity contribution < 1.29 is 0 Å². The summed E-state index contributed by atoms with van der Waals surface area (Å²) in [7, 11) is 0. The lowest BCUT2D eigenvalue weighted by Crippen LogP contribution is -2.27. The molecule has 0 radical (unpaired) electrons. The van der Waals surface area contributed by atoms with Gasteiger partial charge in [-0.1, -0.05) is 37.3 Å². The van der Waals surface area contributed by atoms with Crippen molar-refractivity contribution in [3.8, 4) is 0 Å².